The molecule has 1 fully saturated rings. The highest BCUT2D eigenvalue weighted by molar-refractivity contribution is 6.75. The molecule has 1 heterocycles. The van der Waals surface area contributed by atoms with Crippen molar-refractivity contribution in [3.05, 3.63) is 108 Å². The van der Waals surface area contributed by atoms with Crippen LogP contribution in [-0.2, 0) is 48.3 Å². The molecule has 5 unspecified atom stereocenters. The fourth-order valence-electron chi connectivity index (χ4n) is 4.14. The van der Waals surface area contributed by atoms with Gasteiger partial charge < -0.3 is 23.7 Å². The zero-order valence-corrected chi connectivity index (χ0v) is 23.0. The lowest BCUT2D eigenvalue weighted by atomic mass is 9.98. The molecule has 0 aliphatic carbocycles. The Labute approximate surface area is 237 Å². The summed E-state index contributed by atoms with van der Waals surface area (Å²) < 4.78 is 28.4. The van der Waals surface area contributed by atoms with Crippen molar-refractivity contribution in [1.29, 1.82) is 0 Å². The number of rotatable bonds is 10. The number of hydrogen-bond acceptors (Lipinski definition) is 6. The van der Waals surface area contributed by atoms with Gasteiger partial charge in [-0.25, -0.2) is 4.79 Å². The summed E-state index contributed by atoms with van der Waals surface area (Å²) >= 11 is 17.4. The van der Waals surface area contributed by atoms with Crippen LogP contribution in [0.1, 0.15) is 23.6 Å². The molecule has 202 valence electrons. The van der Waals surface area contributed by atoms with Crippen molar-refractivity contribution in [3.63, 3.8) is 0 Å². The molecular formula is C29H29Cl3O6. The maximum atomic E-state index is 12.5. The van der Waals surface area contributed by atoms with Crippen LogP contribution < -0.4 is 0 Å². The van der Waals surface area contributed by atoms with Crippen molar-refractivity contribution in [2.24, 2.45) is 0 Å². The predicted octanol–water partition coefficient (Wildman–Crippen LogP) is 6.40. The monoisotopic (exact) mass is 578 g/mol. The Hall–Kier alpha value is -2.16. The lowest BCUT2D eigenvalue weighted by Gasteiger charge is -2.44. The molecule has 38 heavy (non-hydrogen) atoms. The zero-order valence-electron chi connectivity index (χ0n) is 20.8. The Morgan fingerprint density at radius 1 is 0.684 bits per heavy atom. The van der Waals surface area contributed by atoms with Gasteiger partial charge in [-0.2, -0.15) is 0 Å². The Morgan fingerprint density at radius 2 is 1.08 bits per heavy atom. The highest BCUT2D eigenvalue weighted by Gasteiger charge is 2.50. The van der Waals surface area contributed by atoms with Crippen LogP contribution in [0, 0.1) is 0 Å². The van der Waals surface area contributed by atoms with E-state index >= 15 is 0 Å². The highest BCUT2D eigenvalue weighted by Crippen LogP contribution is 2.34. The second kappa shape index (κ2) is 13.8. The van der Waals surface area contributed by atoms with E-state index in [1.807, 2.05) is 97.9 Å². The molecule has 0 N–H and O–H groups in total. The van der Waals surface area contributed by atoms with Crippen molar-refractivity contribution in [3.8, 4) is 0 Å². The molecule has 0 bridgehead atoms. The van der Waals surface area contributed by atoms with Crippen molar-refractivity contribution in [1.82, 2.24) is 0 Å². The average molecular weight is 580 g/mol. The van der Waals surface area contributed by atoms with E-state index in [0.717, 1.165) is 16.7 Å². The fourth-order valence-corrected chi connectivity index (χ4v) is 4.27. The van der Waals surface area contributed by atoms with Gasteiger partial charge in [0.25, 0.3) is 3.79 Å². The van der Waals surface area contributed by atoms with E-state index in [1.54, 1.807) is 0 Å². The van der Waals surface area contributed by atoms with Crippen molar-refractivity contribution < 1.29 is 28.5 Å². The fraction of sp³-hybridized carbons (Fsp3) is 0.345. The minimum atomic E-state index is -2.28. The molecule has 0 spiro atoms. The van der Waals surface area contributed by atoms with Crippen LogP contribution in [0.3, 0.4) is 0 Å². The van der Waals surface area contributed by atoms with E-state index in [-0.39, 0.29) is 13.2 Å². The summed E-state index contributed by atoms with van der Waals surface area (Å²) in [5.41, 5.74) is 2.87. The third-order valence-electron chi connectivity index (χ3n) is 6.04. The van der Waals surface area contributed by atoms with Crippen LogP contribution >= 0.6 is 34.8 Å². The van der Waals surface area contributed by atoms with Gasteiger partial charge in [-0.3, -0.25) is 0 Å². The van der Waals surface area contributed by atoms with Crippen LogP contribution in [-0.4, -0.2) is 40.5 Å². The van der Waals surface area contributed by atoms with E-state index in [2.05, 4.69) is 0 Å². The first kappa shape index (κ1) is 28.8. The van der Waals surface area contributed by atoms with Crippen molar-refractivity contribution >= 4 is 40.8 Å². The third kappa shape index (κ3) is 8.17. The lowest BCUT2D eigenvalue weighted by Crippen LogP contribution is -2.60. The number of hydrogen-bond donors (Lipinski definition) is 0. The molecule has 0 radical (unpaired) electrons. The molecule has 3 aromatic rings. The summed E-state index contributed by atoms with van der Waals surface area (Å²) in [4.78, 5) is 12.5. The first-order valence-corrected chi connectivity index (χ1v) is 13.3. The molecule has 0 saturated carbocycles. The molecule has 0 amide bonds. The number of ether oxygens (including phenoxy) is 5. The number of alkyl halides is 3. The second-order valence-electron chi connectivity index (χ2n) is 8.90. The Kier molecular flexibility index (Phi) is 10.4. The summed E-state index contributed by atoms with van der Waals surface area (Å²) in [6.45, 7) is 2.63. The summed E-state index contributed by atoms with van der Waals surface area (Å²) in [5, 5.41) is 0. The van der Waals surface area contributed by atoms with Crippen LogP contribution in [0.2, 0.25) is 0 Å². The first-order valence-electron chi connectivity index (χ1n) is 12.2. The van der Waals surface area contributed by atoms with Gasteiger partial charge >= 0.3 is 5.97 Å². The number of halogens is 3. The largest absolute Gasteiger partial charge is 0.430 e. The predicted molar refractivity (Wildman–Crippen MR) is 146 cm³/mol. The molecule has 1 aliphatic heterocycles. The third-order valence-corrected chi connectivity index (χ3v) is 6.50. The number of esters is 1. The molecule has 6 nitrogen and oxygen atoms in total. The van der Waals surface area contributed by atoms with E-state index < -0.39 is 40.5 Å². The number of carbonyl (C=O) groups is 1. The van der Waals surface area contributed by atoms with Gasteiger partial charge in [0.15, 0.2) is 0 Å². The maximum Gasteiger partial charge on any atom is 0.360 e. The Morgan fingerprint density at radius 3 is 1.50 bits per heavy atom. The smallest absolute Gasteiger partial charge is 0.360 e. The van der Waals surface area contributed by atoms with Gasteiger partial charge in [0.05, 0.1) is 25.9 Å². The Bertz CT molecular complexity index is 1130. The van der Waals surface area contributed by atoms with E-state index in [1.165, 1.54) is 0 Å². The van der Waals surface area contributed by atoms with Gasteiger partial charge in [0.1, 0.15) is 18.3 Å². The molecule has 5 atom stereocenters. The molecule has 1 saturated heterocycles. The topological polar surface area (TPSA) is 63.2 Å². The van der Waals surface area contributed by atoms with E-state index in [9.17, 15) is 4.79 Å². The summed E-state index contributed by atoms with van der Waals surface area (Å²) in [5.74, 6) is -1.07. The molecule has 1 aliphatic rings. The first-order chi connectivity index (χ1) is 18.3. The molecule has 0 aromatic heterocycles. The van der Waals surface area contributed by atoms with Crippen LogP contribution in [0.25, 0.3) is 0 Å². The molecule has 9 heteroatoms. The standard InChI is InChI=1S/C29H29Cl3O6/c1-20-24(34-17-21-11-5-2-6-12-21)25(35-18-22-13-7-3-8-14-22)26(36-19-23-15-9-4-10-16-23)27(37-20)38-28(33)29(30,31)32/h2-16,20,24-27H,17-19H2,1H3. The average Bonchev–Trinajstić information content (AvgIpc) is 2.92. The van der Waals surface area contributed by atoms with Gasteiger partial charge in [0.2, 0.25) is 6.29 Å². The van der Waals surface area contributed by atoms with Crippen LogP contribution in [0.15, 0.2) is 91.0 Å². The minimum Gasteiger partial charge on any atom is -0.430 e. The van der Waals surface area contributed by atoms with Crippen LogP contribution in [0.5, 0.6) is 0 Å². The Balaban J connectivity index is 1.61. The van der Waals surface area contributed by atoms with Gasteiger partial charge in [0, 0.05) is 0 Å². The van der Waals surface area contributed by atoms with E-state index in [4.69, 9.17) is 58.5 Å². The SMILES string of the molecule is CC1OC(OC(=O)C(Cl)(Cl)Cl)C(OCc2ccccc2)C(OCc2ccccc2)C1OCc1ccccc1. The summed E-state index contributed by atoms with van der Waals surface area (Å²) in [6.07, 6.45) is -3.85. The van der Waals surface area contributed by atoms with Crippen molar-refractivity contribution in [2.75, 3.05) is 0 Å². The highest BCUT2D eigenvalue weighted by atomic mass is 35.6. The normalized spacial score (nSPS) is 23.6. The second-order valence-corrected chi connectivity index (χ2v) is 11.2. The molecule has 4 rings (SSSR count). The molecule has 3 aromatic carbocycles. The zero-order chi connectivity index (χ0) is 27.0. The van der Waals surface area contributed by atoms with Crippen molar-refractivity contribution in [2.45, 2.75) is 61.2 Å². The van der Waals surface area contributed by atoms with Gasteiger partial charge in [-0.05, 0) is 23.6 Å². The van der Waals surface area contributed by atoms with E-state index in [0.29, 0.717) is 6.61 Å². The lowest BCUT2D eigenvalue weighted by molar-refractivity contribution is -0.311. The molecular weight excluding hydrogens is 551 g/mol. The number of carbonyl (C=O) groups excluding carboxylic acids is 1. The summed E-state index contributed by atoms with van der Waals surface area (Å²) in [7, 11) is 0. The van der Waals surface area contributed by atoms with Gasteiger partial charge in [-0.1, -0.05) is 126 Å². The maximum absolute atomic E-state index is 12.5. The minimum absolute atomic E-state index is 0.210. The van der Waals surface area contributed by atoms with Gasteiger partial charge in [-0.15, -0.1) is 0 Å². The summed E-state index contributed by atoms with van der Waals surface area (Å²) in [6, 6.07) is 29.1. The number of benzene rings is 3. The quantitative estimate of drug-likeness (QED) is 0.205. The van der Waals surface area contributed by atoms with Crippen LogP contribution in [0.4, 0.5) is 0 Å².